The van der Waals surface area contributed by atoms with Crippen molar-refractivity contribution in [3.05, 3.63) is 53.3 Å². The van der Waals surface area contributed by atoms with Gasteiger partial charge in [0.05, 0.1) is 0 Å². The van der Waals surface area contributed by atoms with Crippen molar-refractivity contribution in [1.29, 1.82) is 0 Å². The van der Waals surface area contributed by atoms with E-state index in [1.807, 2.05) is 24.3 Å². The molecule has 0 atom stereocenters. The molecule has 0 bridgehead atoms. The number of halogens is 1. The fourth-order valence-corrected chi connectivity index (χ4v) is 3.04. The van der Waals surface area contributed by atoms with Crippen LogP contribution in [0.1, 0.15) is 10.5 Å². The zero-order valence-electron chi connectivity index (χ0n) is 14.0. The Bertz CT molecular complexity index is 766. The highest BCUT2D eigenvalue weighted by Crippen LogP contribution is 2.20. The van der Waals surface area contributed by atoms with Crippen LogP contribution < -0.4 is 4.90 Å². The Balaban J connectivity index is 1.48. The Kier molecular flexibility index (Phi) is 5.28. The molecule has 7 heteroatoms. The number of piperazine rings is 1. The molecule has 2 aromatic rings. The molecule has 1 saturated heterocycles. The molecule has 0 unspecified atom stereocenters. The largest absolute Gasteiger partial charge is 0.451 e. The van der Waals surface area contributed by atoms with Crippen LogP contribution in [-0.2, 0) is 16.6 Å². The molecule has 2 heterocycles. The molecule has 1 aromatic carbocycles. The first-order valence-corrected chi connectivity index (χ1v) is 8.49. The van der Waals surface area contributed by atoms with E-state index in [0.717, 1.165) is 18.8 Å². The van der Waals surface area contributed by atoms with Crippen LogP contribution in [0.3, 0.4) is 0 Å². The van der Waals surface area contributed by atoms with Crippen LogP contribution in [0, 0.1) is 0 Å². The number of aromatic nitrogens is 1. The number of anilines is 1. The monoisotopic (exact) mass is 361 g/mol. The Hall–Kier alpha value is -2.47. The van der Waals surface area contributed by atoms with E-state index in [-0.39, 0.29) is 12.5 Å². The van der Waals surface area contributed by atoms with Crippen LogP contribution in [0.25, 0.3) is 0 Å². The fraction of sp³-hybridized carbons (Fsp3) is 0.333. The van der Waals surface area contributed by atoms with Crippen molar-refractivity contribution in [2.45, 2.75) is 0 Å². The molecule has 6 nitrogen and oxygen atoms in total. The Morgan fingerprint density at radius 3 is 2.52 bits per heavy atom. The van der Waals surface area contributed by atoms with E-state index in [1.165, 1.54) is 0 Å². The molecule has 1 aromatic heterocycles. The van der Waals surface area contributed by atoms with Gasteiger partial charge in [0.2, 0.25) is 0 Å². The lowest BCUT2D eigenvalue weighted by Crippen LogP contribution is -2.49. The molecule has 132 valence electrons. The topological polar surface area (TPSA) is 54.8 Å². The maximum absolute atomic E-state index is 12.3. The van der Waals surface area contributed by atoms with Crippen molar-refractivity contribution in [3.8, 4) is 0 Å². The number of nitrogens with zero attached hydrogens (tertiary/aromatic N) is 3. The minimum Gasteiger partial charge on any atom is -0.451 e. The second-order valence-corrected chi connectivity index (χ2v) is 6.36. The molecular weight excluding hydrogens is 342 g/mol. The molecule has 0 spiro atoms. The summed E-state index contributed by atoms with van der Waals surface area (Å²) in [5.74, 6) is -0.660. The van der Waals surface area contributed by atoms with Crippen molar-refractivity contribution in [1.82, 2.24) is 9.47 Å². The second-order valence-electron chi connectivity index (χ2n) is 5.93. The van der Waals surface area contributed by atoms with Gasteiger partial charge in [0, 0.05) is 50.1 Å². The van der Waals surface area contributed by atoms with E-state index in [9.17, 15) is 9.59 Å². The van der Waals surface area contributed by atoms with Gasteiger partial charge in [0.25, 0.3) is 5.91 Å². The van der Waals surface area contributed by atoms with Crippen LogP contribution in [0.15, 0.2) is 42.6 Å². The van der Waals surface area contributed by atoms with E-state index in [4.69, 9.17) is 16.3 Å². The number of aryl methyl sites for hydroxylation is 1. The predicted octanol–water partition coefficient (Wildman–Crippen LogP) is 2.18. The lowest BCUT2D eigenvalue weighted by molar-refractivity contribution is -0.134. The van der Waals surface area contributed by atoms with Gasteiger partial charge in [-0.3, -0.25) is 4.79 Å². The highest BCUT2D eigenvalue weighted by atomic mass is 35.5. The van der Waals surface area contributed by atoms with Gasteiger partial charge in [-0.1, -0.05) is 17.7 Å². The molecule has 0 saturated carbocycles. The number of benzene rings is 1. The third-order valence-corrected chi connectivity index (χ3v) is 4.52. The third-order valence-electron chi connectivity index (χ3n) is 4.29. The molecule has 0 radical (unpaired) electrons. The molecule has 0 N–H and O–H groups in total. The normalized spacial score (nSPS) is 14.5. The van der Waals surface area contributed by atoms with Gasteiger partial charge in [-0.15, -0.1) is 0 Å². The standard InChI is InChI=1S/C18H20ClN3O3/c1-20-7-3-6-16(20)18(24)25-13-17(23)22-10-8-21(9-11-22)15-5-2-4-14(19)12-15/h2-7,12H,8-11,13H2,1H3. The highest BCUT2D eigenvalue weighted by molar-refractivity contribution is 6.30. The zero-order valence-corrected chi connectivity index (χ0v) is 14.8. The van der Waals surface area contributed by atoms with Crippen LogP contribution in [0.5, 0.6) is 0 Å². The van der Waals surface area contributed by atoms with Crippen LogP contribution in [0.2, 0.25) is 5.02 Å². The Labute approximate surface area is 151 Å². The molecule has 1 amide bonds. The summed E-state index contributed by atoms with van der Waals surface area (Å²) in [7, 11) is 1.76. The average Bonchev–Trinajstić information content (AvgIpc) is 3.05. The maximum Gasteiger partial charge on any atom is 0.355 e. The summed E-state index contributed by atoms with van der Waals surface area (Å²) in [6, 6.07) is 11.1. The van der Waals surface area contributed by atoms with E-state index in [2.05, 4.69) is 4.90 Å². The molecule has 1 fully saturated rings. The molecular formula is C18H20ClN3O3. The first-order valence-electron chi connectivity index (χ1n) is 8.11. The van der Waals surface area contributed by atoms with Crippen molar-refractivity contribution >= 4 is 29.2 Å². The molecule has 0 aliphatic carbocycles. The predicted molar refractivity (Wildman–Crippen MR) is 95.9 cm³/mol. The lowest BCUT2D eigenvalue weighted by atomic mass is 10.2. The van der Waals surface area contributed by atoms with E-state index in [0.29, 0.717) is 23.8 Å². The average molecular weight is 362 g/mol. The third kappa shape index (κ3) is 4.14. The van der Waals surface area contributed by atoms with E-state index < -0.39 is 5.97 Å². The van der Waals surface area contributed by atoms with Crippen LogP contribution in [-0.4, -0.2) is 54.1 Å². The first-order chi connectivity index (χ1) is 12.0. The summed E-state index contributed by atoms with van der Waals surface area (Å²) in [4.78, 5) is 28.1. The number of amides is 1. The minimum atomic E-state index is -0.488. The Morgan fingerprint density at radius 1 is 1.12 bits per heavy atom. The maximum atomic E-state index is 12.3. The number of esters is 1. The quantitative estimate of drug-likeness (QED) is 0.783. The van der Waals surface area contributed by atoms with Gasteiger partial charge < -0.3 is 19.1 Å². The lowest BCUT2D eigenvalue weighted by Gasteiger charge is -2.36. The number of ether oxygens (including phenoxy) is 1. The number of hydrogen-bond donors (Lipinski definition) is 0. The van der Waals surface area contributed by atoms with Gasteiger partial charge in [0.15, 0.2) is 6.61 Å². The number of carbonyl (C=O) groups is 2. The Morgan fingerprint density at radius 2 is 1.88 bits per heavy atom. The van der Waals surface area contributed by atoms with Gasteiger partial charge in [-0.05, 0) is 30.3 Å². The molecule has 25 heavy (non-hydrogen) atoms. The van der Waals surface area contributed by atoms with Gasteiger partial charge in [-0.2, -0.15) is 0 Å². The number of carbonyl (C=O) groups excluding carboxylic acids is 2. The summed E-state index contributed by atoms with van der Waals surface area (Å²) in [6.45, 7) is 2.39. The summed E-state index contributed by atoms with van der Waals surface area (Å²) in [5.41, 5.74) is 1.48. The van der Waals surface area contributed by atoms with Gasteiger partial charge in [0.1, 0.15) is 5.69 Å². The highest BCUT2D eigenvalue weighted by Gasteiger charge is 2.22. The molecule has 1 aliphatic rings. The smallest absolute Gasteiger partial charge is 0.355 e. The second kappa shape index (κ2) is 7.61. The summed E-state index contributed by atoms with van der Waals surface area (Å²) < 4.78 is 6.79. The minimum absolute atomic E-state index is 0.173. The van der Waals surface area contributed by atoms with Crippen molar-refractivity contribution in [2.75, 3.05) is 37.7 Å². The van der Waals surface area contributed by atoms with Crippen LogP contribution in [0.4, 0.5) is 5.69 Å². The number of rotatable bonds is 4. The van der Waals surface area contributed by atoms with Crippen LogP contribution >= 0.6 is 11.6 Å². The summed E-state index contributed by atoms with van der Waals surface area (Å²) >= 11 is 6.03. The molecule has 3 rings (SSSR count). The van der Waals surface area contributed by atoms with Crippen molar-refractivity contribution in [2.24, 2.45) is 7.05 Å². The fourth-order valence-electron chi connectivity index (χ4n) is 2.85. The summed E-state index contributed by atoms with van der Waals surface area (Å²) in [6.07, 6.45) is 1.76. The SMILES string of the molecule is Cn1cccc1C(=O)OCC(=O)N1CCN(c2cccc(Cl)c2)CC1. The zero-order chi connectivity index (χ0) is 17.8. The van der Waals surface area contributed by atoms with Gasteiger partial charge >= 0.3 is 5.97 Å². The number of hydrogen-bond acceptors (Lipinski definition) is 4. The van der Waals surface area contributed by atoms with E-state index in [1.54, 1.807) is 34.8 Å². The summed E-state index contributed by atoms with van der Waals surface area (Å²) in [5, 5.41) is 0.698. The molecule has 1 aliphatic heterocycles. The van der Waals surface area contributed by atoms with Crippen molar-refractivity contribution in [3.63, 3.8) is 0 Å². The van der Waals surface area contributed by atoms with E-state index >= 15 is 0 Å². The first kappa shape index (κ1) is 17.4. The van der Waals surface area contributed by atoms with Crippen molar-refractivity contribution < 1.29 is 14.3 Å². The van der Waals surface area contributed by atoms with Gasteiger partial charge in [-0.25, -0.2) is 4.79 Å².